The van der Waals surface area contributed by atoms with Crippen LogP contribution in [0, 0.1) is 0 Å². The lowest BCUT2D eigenvalue weighted by Gasteiger charge is -2.05. The molecule has 0 aliphatic rings. The first-order chi connectivity index (χ1) is 7.72. The van der Waals surface area contributed by atoms with Crippen LogP contribution in [0.1, 0.15) is 19.0 Å². The summed E-state index contributed by atoms with van der Waals surface area (Å²) in [5.74, 6) is 0.497. The lowest BCUT2D eigenvalue weighted by atomic mass is 10.2. The largest absolute Gasteiger partial charge is 0.381 e. The molecule has 0 bridgehead atoms. The van der Waals surface area contributed by atoms with Crippen molar-refractivity contribution < 1.29 is 0 Å². The number of benzene rings is 1. The maximum atomic E-state index is 5.84. The minimum Gasteiger partial charge on any atom is -0.381 e. The normalized spacial score (nSPS) is 10.6. The molecule has 1 aromatic heterocycles. The van der Waals surface area contributed by atoms with Gasteiger partial charge >= 0.3 is 0 Å². The molecule has 16 heavy (non-hydrogen) atoms. The lowest BCUT2D eigenvalue weighted by Crippen LogP contribution is -2.03. The number of hydrogen-bond donors (Lipinski definition) is 1. The Morgan fingerprint density at radius 1 is 1.31 bits per heavy atom. The maximum absolute atomic E-state index is 5.84. The van der Waals surface area contributed by atoms with E-state index in [1.165, 1.54) is 0 Å². The molecule has 1 aromatic carbocycles. The van der Waals surface area contributed by atoms with Crippen LogP contribution >= 0.6 is 11.6 Å². The van der Waals surface area contributed by atoms with Crippen LogP contribution in [0.2, 0.25) is 5.02 Å². The van der Waals surface area contributed by atoms with Crippen molar-refractivity contribution in [3.63, 3.8) is 0 Å². The zero-order valence-electron chi connectivity index (χ0n) is 9.02. The molecule has 0 saturated carbocycles. The summed E-state index contributed by atoms with van der Waals surface area (Å²) in [7, 11) is 0. The minimum absolute atomic E-state index is 0.497. The van der Waals surface area contributed by atoms with Crippen molar-refractivity contribution in [1.29, 1.82) is 0 Å². The summed E-state index contributed by atoms with van der Waals surface area (Å²) >= 11 is 5.84. The lowest BCUT2D eigenvalue weighted by molar-refractivity contribution is 0.746. The van der Waals surface area contributed by atoms with E-state index >= 15 is 0 Å². The quantitative estimate of drug-likeness (QED) is 0.891. The molecule has 5 heteroatoms. The third kappa shape index (κ3) is 2.02. The molecule has 0 radical (unpaired) electrons. The standard InChI is InChI=1S/C11H13ClN4/c1-2-3-10-11(13)14-15-16(10)9-6-4-8(12)5-7-9/h4-7H,2-3,13H2,1H3. The van der Waals surface area contributed by atoms with Gasteiger partial charge in [-0.05, 0) is 30.7 Å². The Balaban J connectivity index is 2.43. The summed E-state index contributed by atoms with van der Waals surface area (Å²) in [6.45, 7) is 2.10. The van der Waals surface area contributed by atoms with Crippen molar-refractivity contribution in [2.24, 2.45) is 0 Å². The molecule has 0 aliphatic carbocycles. The fraction of sp³-hybridized carbons (Fsp3) is 0.273. The van der Waals surface area contributed by atoms with Crippen molar-refractivity contribution in [3.05, 3.63) is 35.0 Å². The number of nitrogen functional groups attached to an aromatic ring is 1. The number of halogens is 1. The first-order valence-corrected chi connectivity index (χ1v) is 5.56. The SMILES string of the molecule is CCCc1c(N)nnn1-c1ccc(Cl)cc1. The molecule has 1 heterocycles. The molecule has 4 nitrogen and oxygen atoms in total. The average Bonchev–Trinajstić information content (AvgIpc) is 2.63. The second-order valence-electron chi connectivity index (χ2n) is 3.56. The van der Waals surface area contributed by atoms with Gasteiger partial charge in [0.1, 0.15) is 0 Å². The molecular formula is C11H13ClN4. The van der Waals surface area contributed by atoms with Crippen LogP contribution in [-0.2, 0) is 6.42 Å². The predicted molar refractivity (Wildman–Crippen MR) is 64.8 cm³/mol. The monoisotopic (exact) mass is 236 g/mol. The first-order valence-electron chi connectivity index (χ1n) is 5.18. The van der Waals surface area contributed by atoms with Crippen LogP contribution in [0.25, 0.3) is 5.69 Å². The number of nitrogens with zero attached hydrogens (tertiary/aromatic N) is 3. The van der Waals surface area contributed by atoms with Gasteiger partial charge in [-0.3, -0.25) is 0 Å². The third-order valence-corrected chi connectivity index (χ3v) is 2.60. The Labute approximate surface area is 99.0 Å². The molecule has 0 fully saturated rings. The number of rotatable bonds is 3. The summed E-state index contributed by atoms with van der Waals surface area (Å²) in [4.78, 5) is 0. The highest BCUT2D eigenvalue weighted by molar-refractivity contribution is 6.30. The molecule has 2 N–H and O–H groups in total. The Morgan fingerprint density at radius 3 is 2.62 bits per heavy atom. The van der Waals surface area contributed by atoms with E-state index in [1.54, 1.807) is 4.68 Å². The van der Waals surface area contributed by atoms with Crippen molar-refractivity contribution >= 4 is 17.4 Å². The summed E-state index contributed by atoms with van der Waals surface area (Å²) in [5.41, 5.74) is 7.65. The third-order valence-electron chi connectivity index (χ3n) is 2.35. The Morgan fingerprint density at radius 2 is 2.00 bits per heavy atom. The molecule has 0 aliphatic heterocycles. The van der Waals surface area contributed by atoms with Crippen molar-refractivity contribution in [2.45, 2.75) is 19.8 Å². The van der Waals surface area contributed by atoms with Crippen molar-refractivity contribution in [3.8, 4) is 5.69 Å². The maximum Gasteiger partial charge on any atom is 0.169 e. The van der Waals surface area contributed by atoms with Crippen LogP contribution in [0.15, 0.2) is 24.3 Å². The molecule has 84 valence electrons. The van der Waals surface area contributed by atoms with Gasteiger partial charge in [-0.25, -0.2) is 4.68 Å². The number of aromatic nitrogens is 3. The Kier molecular flexibility index (Phi) is 3.10. The topological polar surface area (TPSA) is 56.7 Å². The molecule has 0 atom stereocenters. The van der Waals surface area contributed by atoms with E-state index in [1.807, 2.05) is 24.3 Å². The van der Waals surface area contributed by atoms with Crippen LogP contribution in [0.3, 0.4) is 0 Å². The average molecular weight is 237 g/mol. The van der Waals surface area contributed by atoms with E-state index in [-0.39, 0.29) is 0 Å². The van der Waals surface area contributed by atoms with E-state index in [0.29, 0.717) is 10.8 Å². The molecule has 0 saturated heterocycles. The highest BCUT2D eigenvalue weighted by Crippen LogP contribution is 2.18. The smallest absolute Gasteiger partial charge is 0.169 e. The van der Waals surface area contributed by atoms with E-state index in [9.17, 15) is 0 Å². The van der Waals surface area contributed by atoms with Crippen LogP contribution in [0.4, 0.5) is 5.82 Å². The predicted octanol–water partition coefficient (Wildman–Crippen LogP) is 2.46. The number of nitrogens with two attached hydrogens (primary N) is 1. The van der Waals surface area contributed by atoms with Gasteiger partial charge in [0.15, 0.2) is 5.82 Å². The fourth-order valence-corrected chi connectivity index (χ4v) is 1.70. The van der Waals surface area contributed by atoms with Gasteiger partial charge in [0, 0.05) is 5.02 Å². The summed E-state index contributed by atoms with van der Waals surface area (Å²) in [6, 6.07) is 7.44. The fourth-order valence-electron chi connectivity index (χ4n) is 1.57. The van der Waals surface area contributed by atoms with Crippen LogP contribution in [-0.4, -0.2) is 15.0 Å². The van der Waals surface area contributed by atoms with E-state index in [2.05, 4.69) is 17.2 Å². The van der Waals surface area contributed by atoms with Gasteiger partial charge in [-0.15, -0.1) is 5.10 Å². The molecule has 2 rings (SSSR count). The molecule has 0 amide bonds. The first kappa shape index (κ1) is 11.0. The Hall–Kier alpha value is -1.55. The summed E-state index contributed by atoms with van der Waals surface area (Å²) in [5, 5.41) is 8.63. The zero-order chi connectivity index (χ0) is 11.5. The van der Waals surface area contributed by atoms with Crippen LogP contribution < -0.4 is 5.73 Å². The second kappa shape index (κ2) is 4.53. The molecular weight excluding hydrogens is 224 g/mol. The number of anilines is 1. The minimum atomic E-state index is 0.497. The van der Waals surface area contributed by atoms with Gasteiger partial charge < -0.3 is 5.73 Å². The second-order valence-corrected chi connectivity index (χ2v) is 4.00. The molecule has 2 aromatic rings. The Bertz CT molecular complexity index is 475. The highest BCUT2D eigenvalue weighted by Gasteiger charge is 2.10. The molecule has 0 spiro atoms. The summed E-state index contributed by atoms with van der Waals surface area (Å²) in [6.07, 6.45) is 1.87. The van der Waals surface area contributed by atoms with Gasteiger partial charge in [0.2, 0.25) is 0 Å². The van der Waals surface area contributed by atoms with Crippen molar-refractivity contribution in [1.82, 2.24) is 15.0 Å². The van der Waals surface area contributed by atoms with Crippen LogP contribution in [0.5, 0.6) is 0 Å². The zero-order valence-corrected chi connectivity index (χ0v) is 9.78. The number of hydrogen-bond acceptors (Lipinski definition) is 3. The van der Waals surface area contributed by atoms with Crippen molar-refractivity contribution in [2.75, 3.05) is 5.73 Å². The van der Waals surface area contributed by atoms with E-state index < -0.39 is 0 Å². The highest BCUT2D eigenvalue weighted by atomic mass is 35.5. The van der Waals surface area contributed by atoms with Gasteiger partial charge in [-0.2, -0.15) is 0 Å². The van der Waals surface area contributed by atoms with Gasteiger partial charge in [0.25, 0.3) is 0 Å². The van der Waals surface area contributed by atoms with E-state index in [4.69, 9.17) is 17.3 Å². The van der Waals surface area contributed by atoms with E-state index in [0.717, 1.165) is 24.2 Å². The molecule has 0 unspecified atom stereocenters. The summed E-state index contributed by atoms with van der Waals surface area (Å²) < 4.78 is 1.76. The van der Waals surface area contributed by atoms with Gasteiger partial charge in [-0.1, -0.05) is 30.2 Å². The van der Waals surface area contributed by atoms with Gasteiger partial charge in [0.05, 0.1) is 11.4 Å².